The monoisotopic (exact) mass is 559 g/mol. The number of hydrogen-bond acceptors (Lipinski definition) is 4. The third kappa shape index (κ3) is 7.33. The molecule has 0 fully saturated rings. The molecule has 202 valence electrons. The molecule has 3 aromatic rings. The van der Waals surface area contributed by atoms with Crippen LogP contribution < -0.4 is 9.62 Å². The lowest BCUT2D eigenvalue weighted by molar-refractivity contribution is -0.139. The molecule has 3 rings (SSSR count). The summed E-state index contributed by atoms with van der Waals surface area (Å²) in [4.78, 5) is 28.0. The molecule has 0 aliphatic heterocycles. The number of halogens is 2. The number of rotatable bonds is 10. The standard InChI is InChI=1S/C28H31ClFN3O4S/c1-19(2)31-28(35)21(4)32(17-22-7-9-23(29)10-8-22)27(34)18-33(25-13-11-24(30)12-14-25)38(36,37)26-15-5-20(3)6-16-26/h5-16,19,21H,17-18H2,1-4H3,(H,31,35)/t21-/m1/s1. The number of carbonyl (C=O) groups is 2. The Kier molecular flexibility index (Phi) is 9.51. The van der Waals surface area contributed by atoms with Crippen LogP contribution >= 0.6 is 11.6 Å². The molecule has 1 atom stereocenters. The Morgan fingerprint density at radius 3 is 2.05 bits per heavy atom. The number of anilines is 1. The molecular formula is C28H31ClFN3O4S. The Labute approximate surface area is 228 Å². The van der Waals surface area contributed by atoms with E-state index >= 15 is 0 Å². The SMILES string of the molecule is Cc1ccc(S(=O)(=O)N(CC(=O)N(Cc2ccc(Cl)cc2)[C@H](C)C(=O)NC(C)C)c2ccc(F)cc2)cc1. The zero-order chi connectivity index (χ0) is 28.0. The Balaban J connectivity index is 2.02. The average Bonchev–Trinajstić information content (AvgIpc) is 2.87. The summed E-state index contributed by atoms with van der Waals surface area (Å²) in [5.74, 6) is -1.53. The van der Waals surface area contributed by atoms with Gasteiger partial charge in [0.25, 0.3) is 10.0 Å². The summed E-state index contributed by atoms with van der Waals surface area (Å²) in [7, 11) is -4.21. The number of carbonyl (C=O) groups excluding carboxylic acids is 2. The van der Waals surface area contributed by atoms with Crippen LogP contribution in [0.3, 0.4) is 0 Å². The van der Waals surface area contributed by atoms with Crippen molar-refractivity contribution in [2.45, 2.75) is 51.2 Å². The Hall–Kier alpha value is -3.43. The van der Waals surface area contributed by atoms with Gasteiger partial charge in [-0.2, -0.15) is 0 Å². The lowest BCUT2D eigenvalue weighted by atomic mass is 10.1. The van der Waals surface area contributed by atoms with Crippen LogP contribution in [-0.4, -0.2) is 43.8 Å². The molecule has 0 bridgehead atoms. The van der Waals surface area contributed by atoms with Gasteiger partial charge < -0.3 is 10.2 Å². The molecule has 3 aromatic carbocycles. The number of sulfonamides is 1. The fourth-order valence-corrected chi connectivity index (χ4v) is 5.29. The second-order valence-corrected chi connectivity index (χ2v) is 11.6. The molecule has 0 aliphatic carbocycles. The lowest BCUT2D eigenvalue weighted by Crippen LogP contribution is -2.52. The van der Waals surface area contributed by atoms with Crippen molar-refractivity contribution in [2.75, 3.05) is 10.8 Å². The maximum Gasteiger partial charge on any atom is 0.264 e. The summed E-state index contributed by atoms with van der Waals surface area (Å²) in [5.41, 5.74) is 1.69. The summed E-state index contributed by atoms with van der Waals surface area (Å²) < 4.78 is 42.0. The van der Waals surface area contributed by atoms with Crippen LogP contribution in [0.2, 0.25) is 5.02 Å². The van der Waals surface area contributed by atoms with Crippen molar-refractivity contribution >= 4 is 39.1 Å². The van der Waals surface area contributed by atoms with Crippen LogP contribution in [0.5, 0.6) is 0 Å². The molecule has 0 saturated carbocycles. The fraction of sp³-hybridized carbons (Fsp3) is 0.286. The maximum atomic E-state index is 13.8. The van der Waals surface area contributed by atoms with Gasteiger partial charge in [-0.3, -0.25) is 13.9 Å². The third-order valence-electron chi connectivity index (χ3n) is 5.87. The van der Waals surface area contributed by atoms with Crippen molar-refractivity contribution in [2.24, 2.45) is 0 Å². The van der Waals surface area contributed by atoms with Crippen LogP contribution in [-0.2, 0) is 26.2 Å². The second-order valence-electron chi connectivity index (χ2n) is 9.29. The van der Waals surface area contributed by atoms with E-state index in [1.54, 1.807) is 57.2 Å². The van der Waals surface area contributed by atoms with E-state index in [0.29, 0.717) is 10.6 Å². The molecule has 0 unspecified atom stereocenters. The highest BCUT2D eigenvalue weighted by Crippen LogP contribution is 2.25. The number of nitrogens with zero attached hydrogens (tertiary/aromatic N) is 2. The first-order valence-electron chi connectivity index (χ1n) is 12.1. The molecule has 0 aromatic heterocycles. The first kappa shape index (κ1) is 29.1. The number of hydrogen-bond donors (Lipinski definition) is 1. The molecule has 7 nitrogen and oxygen atoms in total. The molecule has 0 spiro atoms. The third-order valence-corrected chi connectivity index (χ3v) is 7.91. The van der Waals surface area contributed by atoms with E-state index in [-0.39, 0.29) is 29.1 Å². The Morgan fingerprint density at radius 2 is 1.50 bits per heavy atom. The highest BCUT2D eigenvalue weighted by molar-refractivity contribution is 7.92. The van der Waals surface area contributed by atoms with Gasteiger partial charge in [0, 0.05) is 17.6 Å². The van der Waals surface area contributed by atoms with E-state index in [2.05, 4.69) is 5.32 Å². The first-order valence-corrected chi connectivity index (χ1v) is 13.9. The smallest absolute Gasteiger partial charge is 0.264 e. The van der Waals surface area contributed by atoms with Gasteiger partial charge in [-0.1, -0.05) is 41.4 Å². The van der Waals surface area contributed by atoms with Crippen LogP contribution in [0, 0.1) is 12.7 Å². The molecule has 38 heavy (non-hydrogen) atoms. The largest absolute Gasteiger partial charge is 0.352 e. The van der Waals surface area contributed by atoms with Gasteiger partial charge in [-0.25, -0.2) is 12.8 Å². The van der Waals surface area contributed by atoms with Crippen molar-refractivity contribution in [1.29, 1.82) is 0 Å². The van der Waals surface area contributed by atoms with Crippen molar-refractivity contribution in [1.82, 2.24) is 10.2 Å². The highest BCUT2D eigenvalue weighted by atomic mass is 35.5. The van der Waals surface area contributed by atoms with Gasteiger partial charge in [0.05, 0.1) is 10.6 Å². The Morgan fingerprint density at radius 1 is 0.921 bits per heavy atom. The Bertz CT molecular complexity index is 1360. The highest BCUT2D eigenvalue weighted by Gasteiger charge is 2.32. The zero-order valence-corrected chi connectivity index (χ0v) is 23.3. The van der Waals surface area contributed by atoms with Gasteiger partial charge in [-0.15, -0.1) is 0 Å². The number of nitrogens with one attached hydrogen (secondary N) is 1. The van der Waals surface area contributed by atoms with Crippen molar-refractivity contribution < 1.29 is 22.4 Å². The topological polar surface area (TPSA) is 86.8 Å². The predicted molar refractivity (Wildman–Crippen MR) is 147 cm³/mol. The summed E-state index contributed by atoms with van der Waals surface area (Å²) >= 11 is 6.00. The van der Waals surface area contributed by atoms with E-state index in [0.717, 1.165) is 22.0 Å². The van der Waals surface area contributed by atoms with Gasteiger partial charge in [0.1, 0.15) is 18.4 Å². The molecule has 2 amide bonds. The quantitative estimate of drug-likeness (QED) is 0.382. The molecule has 1 N–H and O–H groups in total. The minimum absolute atomic E-state index is 0.0184. The summed E-state index contributed by atoms with van der Waals surface area (Å²) in [6, 6.07) is 16.8. The first-order chi connectivity index (χ1) is 17.9. The zero-order valence-electron chi connectivity index (χ0n) is 21.7. The van der Waals surface area contributed by atoms with Crippen molar-refractivity contribution in [3.63, 3.8) is 0 Å². The van der Waals surface area contributed by atoms with E-state index in [4.69, 9.17) is 11.6 Å². The van der Waals surface area contributed by atoms with Crippen molar-refractivity contribution in [3.05, 3.63) is 94.8 Å². The average molecular weight is 560 g/mol. The van der Waals surface area contributed by atoms with Crippen molar-refractivity contribution in [3.8, 4) is 0 Å². The second kappa shape index (κ2) is 12.4. The lowest BCUT2D eigenvalue weighted by Gasteiger charge is -2.32. The summed E-state index contributed by atoms with van der Waals surface area (Å²) in [6.07, 6.45) is 0. The van der Waals surface area contributed by atoms with E-state index in [1.807, 2.05) is 6.92 Å². The van der Waals surface area contributed by atoms with Crippen LogP contribution in [0.25, 0.3) is 0 Å². The molecule has 10 heteroatoms. The molecule has 0 radical (unpaired) electrons. The molecule has 0 heterocycles. The van der Waals surface area contributed by atoms with Gasteiger partial charge >= 0.3 is 0 Å². The summed E-state index contributed by atoms with van der Waals surface area (Å²) in [6.45, 7) is 6.47. The number of benzene rings is 3. The van der Waals surface area contributed by atoms with E-state index < -0.39 is 34.3 Å². The number of aryl methyl sites for hydroxylation is 1. The van der Waals surface area contributed by atoms with Gasteiger partial charge in [0.2, 0.25) is 11.8 Å². The van der Waals surface area contributed by atoms with Crippen LogP contribution in [0.4, 0.5) is 10.1 Å². The minimum Gasteiger partial charge on any atom is -0.352 e. The van der Waals surface area contributed by atoms with Gasteiger partial charge in [-0.05, 0) is 81.8 Å². The van der Waals surface area contributed by atoms with E-state index in [1.165, 1.54) is 29.2 Å². The van der Waals surface area contributed by atoms with E-state index in [9.17, 15) is 22.4 Å². The number of amides is 2. The summed E-state index contributed by atoms with van der Waals surface area (Å²) in [5, 5.41) is 3.32. The predicted octanol–water partition coefficient (Wildman–Crippen LogP) is 4.92. The normalized spacial score (nSPS) is 12.2. The molecule has 0 aliphatic rings. The fourth-order valence-electron chi connectivity index (χ4n) is 3.75. The molecular weight excluding hydrogens is 529 g/mol. The van der Waals surface area contributed by atoms with Gasteiger partial charge in [0.15, 0.2) is 0 Å². The molecule has 0 saturated heterocycles. The van der Waals surface area contributed by atoms with Crippen LogP contribution in [0.15, 0.2) is 77.7 Å². The maximum absolute atomic E-state index is 13.8. The minimum atomic E-state index is -4.21. The van der Waals surface area contributed by atoms with Crippen LogP contribution in [0.1, 0.15) is 31.9 Å².